The number of halogens is 1. The number of benzene rings is 2. The molecule has 5 rings (SSSR count). The summed E-state index contributed by atoms with van der Waals surface area (Å²) in [7, 11) is 1.58. The van der Waals surface area contributed by atoms with E-state index in [0.29, 0.717) is 38.9 Å². The topological polar surface area (TPSA) is 81.1 Å². The fraction of sp³-hybridized carbons (Fsp3) is 0.192. The van der Waals surface area contributed by atoms with Crippen LogP contribution in [0.15, 0.2) is 76.4 Å². The average molecular weight is 538 g/mol. The number of thioether (sulfide) groups is 1. The number of fused-ring (bicyclic) bond motifs is 1. The lowest BCUT2D eigenvalue weighted by Gasteiger charge is -2.28. The lowest BCUT2D eigenvalue weighted by atomic mass is 9.98. The standard InChI is InChI=1S/C26H24ClN5O2S2/c1-15-12-13-35-23(15)22-21(24(33)29-19-10-6-7-11-20(19)34-3)16(2)28-25-30-26(31-32(22)25)36-14-17-8-4-5-9-18(17)27/h4-13,22H,14H2,1-3H3,(H,29,33)(H,28,30,31). The number of aromatic nitrogens is 3. The molecule has 1 unspecified atom stereocenters. The highest BCUT2D eigenvalue weighted by molar-refractivity contribution is 7.98. The summed E-state index contributed by atoms with van der Waals surface area (Å²) in [5.74, 6) is 1.60. The van der Waals surface area contributed by atoms with Crippen molar-refractivity contribution in [2.45, 2.75) is 30.8 Å². The molecule has 0 radical (unpaired) electrons. The van der Waals surface area contributed by atoms with E-state index in [2.05, 4.69) is 16.7 Å². The Morgan fingerprint density at radius 2 is 1.97 bits per heavy atom. The first-order valence-corrected chi connectivity index (χ1v) is 13.5. The zero-order valence-corrected chi connectivity index (χ0v) is 22.3. The van der Waals surface area contributed by atoms with E-state index in [1.165, 1.54) is 11.8 Å². The number of rotatable bonds is 7. The normalized spacial score (nSPS) is 14.8. The summed E-state index contributed by atoms with van der Waals surface area (Å²) >= 11 is 9.43. The van der Waals surface area contributed by atoms with Crippen LogP contribution in [-0.2, 0) is 10.5 Å². The second-order valence-corrected chi connectivity index (χ2v) is 10.5. The molecule has 0 saturated heterocycles. The van der Waals surface area contributed by atoms with Gasteiger partial charge in [-0.05, 0) is 54.6 Å². The Bertz CT molecular complexity index is 1460. The van der Waals surface area contributed by atoms with Crippen molar-refractivity contribution >= 4 is 52.2 Å². The Hall–Kier alpha value is -3.27. The molecule has 1 atom stereocenters. The fourth-order valence-electron chi connectivity index (χ4n) is 4.09. The third-order valence-corrected chi connectivity index (χ3v) is 8.22. The molecule has 3 heterocycles. The number of nitrogens with zero attached hydrogens (tertiary/aromatic N) is 3. The molecular weight excluding hydrogens is 514 g/mol. The smallest absolute Gasteiger partial charge is 0.256 e. The number of ether oxygens (including phenoxy) is 1. The number of amides is 1. The monoisotopic (exact) mass is 537 g/mol. The van der Waals surface area contributed by atoms with E-state index in [1.807, 2.05) is 67.8 Å². The van der Waals surface area contributed by atoms with Crippen LogP contribution in [0.3, 0.4) is 0 Å². The zero-order valence-electron chi connectivity index (χ0n) is 19.9. The van der Waals surface area contributed by atoms with Gasteiger partial charge in [-0.25, -0.2) is 4.68 Å². The van der Waals surface area contributed by atoms with Crippen LogP contribution in [0, 0.1) is 6.92 Å². The molecule has 2 aromatic heterocycles. The highest BCUT2D eigenvalue weighted by Crippen LogP contribution is 2.40. The minimum absolute atomic E-state index is 0.228. The van der Waals surface area contributed by atoms with Crippen LogP contribution in [0.25, 0.3) is 0 Å². The number of carbonyl (C=O) groups excluding carboxylic acids is 1. The van der Waals surface area contributed by atoms with Gasteiger partial charge in [-0.3, -0.25) is 4.79 Å². The molecule has 0 bridgehead atoms. The summed E-state index contributed by atoms with van der Waals surface area (Å²) in [5, 5.41) is 14.5. The van der Waals surface area contributed by atoms with Gasteiger partial charge >= 0.3 is 0 Å². The molecule has 10 heteroatoms. The van der Waals surface area contributed by atoms with Crippen molar-refractivity contribution in [3.05, 3.63) is 92.3 Å². The Morgan fingerprint density at radius 3 is 2.72 bits per heavy atom. The molecule has 7 nitrogen and oxygen atoms in total. The molecule has 0 saturated carbocycles. The van der Waals surface area contributed by atoms with Gasteiger partial charge in [0.15, 0.2) is 0 Å². The zero-order chi connectivity index (χ0) is 25.2. The Balaban J connectivity index is 1.49. The molecular formula is C26H24ClN5O2S2. The molecule has 1 amide bonds. The predicted octanol–water partition coefficient (Wildman–Crippen LogP) is 6.53. The van der Waals surface area contributed by atoms with Crippen molar-refractivity contribution in [1.82, 2.24) is 14.8 Å². The van der Waals surface area contributed by atoms with E-state index in [0.717, 1.165) is 21.7 Å². The van der Waals surface area contributed by atoms with Gasteiger partial charge in [0.2, 0.25) is 11.1 Å². The molecule has 1 aliphatic rings. The molecule has 0 aliphatic carbocycles. The first-order valence-electron chi connectivity index (χ1n) is 11.2. The molecule has 1 aliphatic heterocycles. The lowest BCUT2D eigenvalue weighted by Crippen LogP contribution is -2.31. The van der Waals surface area contributed by atoms with Crippen molar-refractivity contribution in [2.24, 2.45) is 0 Å². The maximum atomic E-state index is 13.7. The first kappa shape index (κ1) is 24.4. The van der Waals surface area contributed by atoms with E-state index < -0.39 is 6.04 Å². The number of methoxy groups -OCH3 is 1. The number of para-hydroxylation sites is 2. The highest BCUT2D eigenvalue weighted by atomic mass is 35.5. The van der Waals surface area contributed by atoms with Gasteiger partial charge in [-0.15, -0.1) is 16.4 Å². The first-order chi connectivity index (χ1) is 17.5. The van der Waals surface area contributed by atoms with E-state index in [1.54, 1.807) is 23.1 Å². The summed E-state index contributed by atoms with van der Waals surface area (Å²) in [4.78, 5) is 19.4. The largest absolute Gasteiger partial charge is 0.495 e. The number of nitrogens with one attached hydrogen (secondary N) is 2. The molecule has 4 aromatic rings. The van der Waals surface area contributed by atoms with Gasteiger partial charge in [-0.2, -0.15) is 4.98 Å². The van der Waals surface area contributed by atoms with Gasteiger partial charge in [-0.1, -0.05) is 53.7 Å². The van der Waals surface area contributed by atoms with Crippen LogP contribution in [0.1, 0.15) is 29.0 Å². The average Bonchev–Trinajstić information content (AvgIpc) is 3.48. The van der Waals surface area contributed by atoms with Crippen LogP contribution < -0.4 is 15.4 Å². The maximum absolute atomic E-state index is 13.7. The van der Waals surface area contributed by atoms with E-state index in [9.17, 15) is 4.79 Å². The molecule has 2 aromatic carbocycles. The Morgan fingerprint density at radius 1 is 1.19 bits per heavy atom. The third-order valence-electron chi connectivity index (χ3n) is 5.90. The summed E-state index contributed by atoms with van der Waals surface area (Å²) in [6.07, 6.45) is 0. The summed E-state index contributed by atoms with van der Waals surface area (Å²) in [6, 6.07) is 16.7. The SMILES string of the molecule is COc1ccccc1NC(=O)C1=C(C)Nc2nc(SCc3ccccc3Cl)nn2C1c1sccc1C. The quantitative estimate of drug-likeness (QED) is 0.261. The summed E-state index contributed by atoms with van der Waals surface area (Å²) < 4.78 is 7.23. The van der Waals surface area contributed by atoms with Crippen molar-refractivity contribution in [3.63, 3.8) is 0 Å². The molecule has 36 heavy (non-hydrogen) atoms. The minimum atomic E-state index is -0.418. The van der Waals surface area contributed by atoms with E-state index in [4.69, 9.17) is 26.4 Å². The third kappa shape index (κ3) is 4.74. The fourth-order valence-corrected chi connectivity index (χ4v) is 6.22. The van der Waals surface area contributed by atoms with Crippen molar-refractivity contribution in [3.8, 4) is 5.75 Å². The van der Waals surface area contributed by atoms with Gasteiger partial charge in [0.05, 0.1) is 18.4 Å². The van der Waals surface area contributed by atoms with Crippen LogP contribution in [-0.4, -0.2) is 27.8 Å². The van der Waals surface area contributed by atoms with E-state index >= 15 is 0 Å². The van der Waals surface area contributed by atoms with Gasteiger partial charge in [0, 0.05) is 21.3 Å². The predicted molar refractivity (Wildman–Crippen MR) is 146 cm³/mol. The van der Waals surface area contributed by atoms with Crippen molar-refractivity contribution in [2.75, 3.05) is 17.7 Å². The highest BCUT2D eigenvalue weighted by Gasteiger charge is 2.36. The molecule has 2 N–H and O–H groups in total. The van der Waals surface area contributed by atoms with Crippen LogP contribution >= 0.6 is 34.7 Å². The van der Waals surface area contributed by atoms with Crippen LogP contribution in [0.2, 0.25) is 5.02 Å². The Kier molecular flexibility index (Phi) is 7.04. The number of aryl methyl sites for hydroxylation is 1. The number of thiophene rings is 1. The van der Waals surface area contributed by atoms with E-state index in [-0.39, 0.29) is 5.91 Å². The Labute approximate surface area is 222 Å². The summed E-state index contributed by atoms with van der Waals surface area (Å²) in [6.45, 7) is 3.93. The second kappa shape index (κ2) is 10.4. The lowest BCUT2D eigenvalue weighted by molar-refractivity contribution is -0.113. The number of carbonyl (C=O) groups is 1. The number of anilines is 2. The van der Waals surface area contributed by atoms with Gasteiger partial charge in [0.1, 0.15) is 11.8 Å². The summed E-state index contributed by atoms with van der Waals surface area (Å²) in [5.41, 5.74) is 4.01. The van der Waals surface area contributed by atoms with Crippen molar-refractivity contribution < 1.29 is 9.53 Å². The number of hydrogen-bond donors (Lipinski definition) is 2. The van der Waals surface area contributed by atoms with Crippen molar-refractivity contribution in [1.29, 1.82) is 0 Å². The van der Waals surface area contributed by atoms with Gasteiger partial charge in [0.25, 0.3) is 5.91 Å². The minimum Gasteiger partial charge on any atom is -0.495 e. The maximum Gasteiger partial charge on any atom is 0.256 e. The second-order valence-electron chi connectivity index (χ2n) is 8.23. The van der Waals surface area contributed by atoms with Crippen LogP contribution in [0.4, 0.5) is 11.6 Å². The van der Waals surface area contributed by atoms with Gasteiger partial charge < -0.3 is 15.4 Å². The number of hydrogen-bond acceptors (Lipinski definition) is 7. The molecule has 0 spiro atoms. The molecule has 0 fully saturated rings. The molecule has 184 valence electrons. The number of allylic oxidation sites excluding steroid dienone is 1. The van der Waals surface area contributed by atoms with Crippen LogP contribution in [0.5, 0.6) is 5.75 Å².